The molecule has 1 atom stereocenters. The SMILES string of the molecule is COCOc1cccc(CN2CCC2(C)C(=O)N2CCN(C(C)=O)CC2)c1. The quantitative estimate of drug-likeness (QED) is 0.702. The van der Waals surface area contributed by atoms with E-state index in [2.05, 4.69) is 11.0 Å². The number of hydrogen-bond donors (Lipinski definition) is 0. The van der Waals surface area contributed by atoms with Crippen LogP contribution in [0, 0.1) is 0 Å². The number of likely N-dealkylation sites (tertiary alicyclic amines) is 1. The van der Waals surface area contributed by atoms with Crippen molar-refractivity contribution < 1.29 is 19.1 Å². The lowest BCUT2D eigenvalue weighted by Gasteiger charge is -2.52. The largest absolute Gasteiger partial charge is 0.468 e. The number of hydrogen-bond acceptors (Lipinski definition) is 5. The van der Waals surface area contributed by atoms with Crippen molar-refractivity contribution in [1.82, 2.24) is 14.7 Å². The van der Waals surface area contributed by atoms with Gasteiger partial charge in [-0.15, -0.1) is 0 Å². The highest BCUT2D eigenvalue weighted by molar-refractivity contribution is 5.87. The van der Waals surface area contributed by atoms with Crippen molar-refractivity contribution in [2.75, 3.05) is 46.6 Å². The summed E-state index contributed by atoms with van der Waals surface area (Å²) in [6.45, 7) is 7.91. The fourth-order valence-electron chi connectivity index (χ4n) is 3.75. The first kappa shape index (κ1) is 19.6. The van der Waals surface area contributed by atoms with Gasteiger partial charge in [0.05, 0.1) is 5.54 Å². The number of carbonyl (C=O) groups is 2. The summed E-state index contributed by atoms with van der Waals surface area (Å²) in [5, 5.41) is 0. The smallest absolute Gasteiger partial charge is 0.242 e. The lowest BCUT2D eigenvalue weighted by molar-refractivity contribution is -0.156. The van der Waals surface area contributed by atoms with Gasteiger partial charge >= 0.3 is 0 Å². The summed E-state index contributed by atoms with van der Waals surface area (Å²) in [4.78, 5) is 30.5. The Labute approximate surface area is 160 Å². The van der Waals surface area contributed by atoms with Gasteiger partial charge in [0.2, 0.25) is 11.8 Å². The van der Waals surface area contributed by atoms with E-state index in [-0.39, 0.29) is 18.6 Å². The summed E-state index contributed by atoms with van der Waals surface area (Å²) in [6.07, 6.45) is 0.860. The molecular weight excluding hydrogens is 346 g/mol. The van der Waals surface area contributed by atoms with E-state index in [0.29, 0.717) is 32.7 Å². The van der Waals surface area contributed by atoms with Crippen molar-refractivity contribution in [1.29, 1.82) is 0 Å². The molecule has 148 valence electrons. The molecule has 1 unspecified atom stereocenters. The van der Waals surface area contributed by atoms with Crippen LogP contribution in [-0.4, -0.2) is 78.7 Å². The van der Waals surface area contributed by atoms with E-state index >= 15 is 0 Å². The third-order valence-corrected chi connectivity index (χ3v) is 5.65. The second kappa shape index (κ2) is 8.27. The van der Waals surface area contributed by atoms with E-state index in [1.165, 1.54) is 0 Å². The average molecular weight is 375 g/mol. The Kier molecular flexibility index (Phi) is 6.01. The normalized spacial score (nSPS) is 23.1. The number of piperazine rings is 1. The lowest BCUT2D eigenvalue weighted by atomic mass is 9.84. The first-order valence-electron chi connectivity index (χ1n) is 9.44. The number of nitrogens with zero attached hydrogens (tertiary/aromatic N) is 3. The van der Waals surface area contributed by atoms with Gasteiger partial charge in [-0.05, 0) is 31.0 Å². The summed E-state index contributed by atoms with van der Waals surface area (Å²) in [5.74, 6) is 1.01. The molecule has 0 bridgehead atoms. The molecular formula is C20H29N3O4. The predicted octanol–water partition coefficient (Wildman–Crippen LogP) is 1.32. The molecule has 27 heavy (non-hydrogen) atoms. The molecule has 2 aliphatic rings. The Morgan fingerprint density at radius 2 is 1.81 bits per heavy atom. The van der Waals surface area contributed by atoms with Crippen LogP contribution in [-0.2, 0) is 20.9 Å². The molecule has 2 amide bonds. The van der Waals surface area contributed by atoms with Gasteiger partial charge in [-0.3, -0.25) is 14.5 Å². The first-order valence-corrected chi connectivity index (χ1v) is 9.44. The standard InChI is InChI=1S/C20H29N3O4/c1-16(24)21-9-11-22(12-10-21)19(25)20(2)7-8-23(20)14-17-5-4-6-18(13-17)27-15-26-3/h4-6,13H,7-12,14-15H2,1-3H3. The zero-order valence-electron chi connectivity index (χ0n) is 16.4. The second-order valence-corrected chi connectivity index (χ2v) is 7.44. The summed E-state index contributed by atoms with van der Waals surface area (Å²) in [5.41, 5.74) is 0.644. The average Bonchev–Trinajstić information content (AvgIpc) is 2.69. The van der Waals surface area contributed by atoms with Crippen LogP contribution in [0.15, 0.2) is 24.3 Å². The molecule has 0 aromatic heterocycles. The molecule has 2 fully saturated rings. The Balaban J connectivity index is 1.60. The van der Waals surface area contributed by atoms with Gasteiger partial charge < -0.3 is 19.3 Å². The van der Waals surface area contributed by atoms with E-state index in [9.17, 15) is 9.59 Å². The fraction of sp³-hybridized carbons (Fsp3) is 0.600. The summed E-state index contributed by atoms with van der Waals surface area (Å²) < 4.78 is 10.5. The zero-order valence-corrected chi connectivity index (χ0v) is 16.4. The highest BCUT2D eigenvalue weighted by atomic mass is 16.7. The number of ether oxygens (including phenoxy) is 2. The van der Waals surface area contributed by atoms with Crippen LogP contribution in [0.5, 0.6) is 5.75 Å². The van der Waals surface area contributed by atoms with Gasteiger partial charge in [0.15, 0.2) is 6.79 Å². The monoisotopic (exact) mass is 375 g/mol. The molecule has 7 nitrogen and oxygen atoms in total. The highest BCUT2D eigenvalue weighted by Crippen LogP contribution is 2.34. The minimum absolute atomic E-state index is 0.0779. The number of benzene rings is 1. The molecule has 0 aliphatic carbocycles. The van der Waals surface area contributed by atoms with Gasteiger partial charge in [-0.2, -0.15) is 0 Å². The van der Waals surface area contributed by atoms with Crippen molar-refractivity contribution in [3.8, 4) is 5.75 Å². The molecule has 1 aromatic carbocycles. The minimum Gasteiger partial charge on any atom is -0.468 e. The number of amides is 2. The van der Waals surface area contributed by atoms with Crippen molar-refractivity contribution >= 4 is 11.8 Å². The van der Waals surface area contributed by atoms with Gasteiger partial charge in [0, 0.05) is 53.3 Å². The number of methoxy groups -OCH3 is 1. The van der Waals surface area contributed by atoms with Crippen LogP contribution in [0.4, 0.5) is 0 Å². The Morgan fingerprint density at radius 1 is 1.11 bits per heavy atom. The molecule has 1 aromatic rings. The summed E-state index contributed by atoms with van der Waals surface area (Å²) in [7, 11) is 1.59. The molecule has 3 rings (SSSR count). The summed E-state index contributed by atoms with van der Waals surface area (Å²) >= 11 is 0. The van der Waals surface area contributed by atoms with E-state index in [1.54, 1.807) is 18.9 Å². The van der Waals surface area contributed by atoms with Crippen molar-refractivity contribution in [3.05, 3.63) is 29.8 Å². The third kappa shape index (κ3) is 4.25. The van der Waals surface area contributed by atoms with E-state index in [1.807, 2.05) is 30.0 Å². The molecule has 2 heterocycles. The molecule has 0 radical (unpaired) electrons. The molecule has 0 saturated carbocycles. The number of rotatable bonds is 6. The molecule has 0 N–H and O–H groups in total. The van der Waals surface area contributed by atoms with Gasteiger partial charge in [0.1, 0.15) is 5.75 Å². The van der Waals surface area contributed by atoms with Gasteiger partial charge in [-0.1, -0.05) is 12.1 Å². The third-order valence-electron chi connectivity index (χ3n) is 5.65. The number of carbonyl (C=O) groups excluding carboxylic acids is 2. The maximum atomic E-state index is 13.1. The van der Waals surface area contributed by atoms with Crippen molar-refractivity contribution in [2.24, 2.45) is 0 Å². The Bertz CT molecular complexity index is 688. The molecule has 0 spiro atoms. The van der Waals surface area contributed by atoms with Gasteiger partial charge in [0.25, 0.3) is 0 Å². The fourth-order valence-corrected chi connectivity index (χ4v) is 3.75. The maximum absolute atomic E-state index is 13.1. The molecule has 2 aliphatic heterocycles. The van der Waals surface area contributed by atoms with Crippen LogP contribution >= 0.6 is 0 Å². The van der Waals surface area contributed by atoms with E-state index < -0.39 is 5.54 Å². The maximum Gasteiger partial charge on any atom is 0.242 e. The topological polar surface area (TPSA) is 62.3 Å². The predicted molar refractivity (Wildman–Crippen MR) is 101 cm³/mol. The van der Waals surface area contributed by atoms with Crippen LogP contribution < -0.4 is 4.74 Å². The molecule has 7 heteroatoms. The second-order valence-electron chi connectivity index (χ2n) is 7.44. The van der Waals surface area contributed by atoms with Crippen molar-refractivity contribution in [2.45, 2.75) is 32.4 Å². The Morgan fingerprint density at radius 3 is 2.41 bits per heavy atom. The van der Waals surface area contributed by atoms with Crippen LogP contribution in [0.2, 0.25) is 0 Å². The highest BCUT2D eigenvalue weighted by Gasteiger charge is 2.48. The summed E-state index contributed by atoms with van der Waals surface area (Å²) in [6, 6.07) is 7.90. The van der Waals surface area contributed by atoms with E-state index in [4.69, 9.17) is 9.47 Å². The van der Waals surface area contributed by atoms with Crippen molar-refractivity contribution in [3.63, 3.8) is 0 Å². The first-order chi connectivity index (χ1) is 12.9. The van der Waals surface area contributed by atoms with Crippen LogP contribution in [0.1, 0.15) is 25.8 Å². The Hall–Kier alpha value is -2.12. The zero-order chi connectivity index (χ0) is 19.4. The van der Waals surface area contributed by atoms with Gasteiger partial charge in [-0.25, -0.2) is 0 Å². The molecule has 2 saturated heterocycles. The van der Waals surface area contributed by atoms with Crippen LogP contribution in [0.3, 0.4) is 0 Å². The van der Waals surface area contributed by atoms with E-state index in [0.717, 1.165) is 24.3 Å². The van der Waals surface area contributed by atoms with Crippen LogP contribution in [0.25, 0.3) is 0 Å². The lowest BCUT2D eigenvalue weighted by Crippen LogP contribution is -2.67. The minimum atomic E-state index is -0.470.